The summed E-state index contributed by atoms with van der Waals surface area (Å²) in [7, 11) is 1.92. The molecular weight excluding hydrogens is 380 g/mol. The Morgan fingerprint density at radius 1 is 1.27 bits per heavy atom. The summed E-state index contributed by atoms with van der Waals surface area (Å²) in [5.74, 6) is -0.315. The van der Waals surface area contributed by atoms with Crippen molar-refractivity contribution in [2.24, 2.45) is 7.05 Å². The predicted molar refractivity (Wildman–Crippen MR) is 116 cm³/mol. The molecule has 3 aromatic heterocycles. The standard InChI is InChI=1S/C23H28N4O3/c1-15(2)30-23(28)20-13-19-12-18(21-6-7-24-25(21)5)14-27(19)22(16(20)3)17(4)26-8-10-29-11-9-26/h6-7,12-15H,4,8-11H2,1-3,5H3. The van der Waals surface area contributed by atoms with Crippen molar-refractivity contribution in [2.45, 2.75) is 26.9 Å². The van der Waals surface area contributed by atoms with Crippen LogP contribution in [0.15, 0.2) is 37.2 Å². The maximum Gasteiger partial charge on any atom is 0.338 e. The lowest BCUT2D eigenvalue weighted by Crippen LogP contribution is -2.35. The lowest BCUT2D eigenvalue weighted by Gasteiger charge is -2.31. The van der Waals surface area contributed by atoms with Gasteiger partial charge in [0.2, 0.25) is 0 Å². The normalized spacial score (nSPS) is 14.5. The van der Waals surface area contributed by atoms with Gasteiger partial charge in [0.1, 0.15) is 0 Å². The van der Waals surface area contributed by atoms with Crippen LogP contribution in [-0.4, -0.2) is 57.5 Å². The van der Waals surface area contributed by atoms with Gasteiger partial charge in [-0.3, -0.25) is 4.68 Å². The molecule has 0 saturated carbocycles. The third-order valence-corrected chi connectivity index (χ3v) is 5.49. The van der Waals surface area contributed by atoms with Gasteiger partial charge in [0.15, 0.2) is 0 Å². The zero-order chi connectivity index (χ0) is 21.4. The molecule has 1 fully saturated rings. The Morgan fingerprint density at radius 2 is 2.00 bits per heavy atom. The second-order valence-corrected chi connectivity index (χ2v) is 7.90. The van der Waals surface area contributed by atoms with E-state index < -0.39 is 0 Å². The summed E-state index contributed by atoms with van der Waals surface area (Å²) < 4.78 is 15.0. The van der Waals surface area contributed by atoms with E-state index in [4.69, 9.17) is 9.47 Å². The molecule has 1 saturated heterocycles. The number of rotatable bonds is 5. The number of aryl methyl sites for hydroxylation is 1. The predicted octanol–water partition coefficient (Wildman–Crippen LogP) is 3.52. The van der Waals surface area contributed by atoms with Crippen LogP contribution in [0, 0.1) is 6.92 Å². The fraction of sp³-hybridized carbons (Fsp3) is 0.391. The number of fused-ring (bicyclic) bond motifs is 1. The van der Waals surface area contributed by atoms with Crippen molar-refractivity contribution >= 4 is 17.2 Å². The van der Waals surface area contributed by atoms with E-state index in [0.717, 1.165) is 46.8 Å². The van der Waals surface area contributed by atoms with Gasteiger partial charge in [0, 0.05) is 43.6 Å². The molecule has 0 amide bonds. The van der Waals surface area contributed by atoms with Crippen LogP contribution in [0.2, 0.25) is 0 Å². The molecule has 0 aliphatic carbocycles. The van der Waals surface area contributed by atoms with Crippen LogP contribution in [0.3, 0.4) is 0 Å². The van der Waals surface area contributed by atoms with Crippen molar-refractivity contribution in [1.29, 1.82) is 0 Å². The molecule has 0 unspecified atom stereocenters. The van der Waals surface area contributed by atoms with Gasteiger partial charge in [-0.05, 0) is 44.5 Å². The molecule has 0 aromatic carbocycles. The smallest absolute Gasteiger partial charge is 0.338 e. The Balaban J connectivity index is 1.89. The summed E-state index contributed by atoms with van der Waals surface area (Å²) >= 11 is 0. The fourth-order valence-corrected chi connectivity index (χ4v) is 3.97. The number of hydrogen-bond acceptors (Lipinski definition) is 5. The molecule has 158 valence electrons. The zero-order valence-electron chi connectivity index (χ0n) is 18.0. The highest BCUT2D eigenvalue weighted by Gasteiger charge is 2.23. The average Bonchev–Trinajstić information content (AvgIpc) is 3.32. The summed E-state index contributed by atoms with van der Waals surface area (Å²) in [6.45, 7) is 13.0. The lowest BCUT2D eigenvalue weighted by atomic mass is 10.0. The largest absolute Gasteiger partial charge is 0.459 e. The van der Waals surface area contributed by atoms with Crippen molar-refractivity contribution in [3.63, 3.8) is 0 Å². The van der Waals surface area contributed by atoms with E-state index in [2.05, 4.69) is 33.2 Å². The highest BCUT2D eigenvalue weighted by atomic mass is 16.5. The Bertz CT molecular complexity index is 1100. The lowest BCUT2D eigenvalue weighted by molar-refractivity contribution is 0.0377. The summed E-state index contributed by atoms with van der Waals surface area (Å²) in [6, 6.07) is 5.95. The van der Waals surface area contributed by atoms with E-state index in [0.29, 0.717) is 18.8 Å². The van der Waals surface area contributed by atoms with Gasteiger partial charge < -0.3 is 18.8 Å². The van der Waals surface area contributed by atoms with Gasteiger partial charge in [0.25, 0.3) is 0 Å². The highest BCUT2D eigenvalue weighted by Crippen LogP contribution is 2.31. The second-order valence-electron chi connectivity index (χ2n) is 7.90. The number of esters is 1. The summed E-state index contributed by atoms with van der Waals surface area (Å²) in [6.07, 6.45) is 3.68. The van der Waals surface area contributed by atoms with Crippen LogP contribution in [0.5, 0.6) is 0 Å². The molecule has 1 aliphatic heterocycles. The van der Waals surface area contributed by atoms with Gasteiger partial charge in [-0.1, -0.05) is 6.58 Å². The van der Waals surface area contributed by atoms with E-state index in [1.807, 2.05) is 44.6 Å². The molecule has 3 aromatic rings. The Kier molecular flexibility index (Phi) is 5.39. The maximum atomic E-state index is 12.9. The second kappa shape index (κ2) is 7.99. The molecule has 4 rings (SSSR count). The minimum Gasteiger partial charge on any atom is -0.459 e. The quantitative estimate of drug-likeness (QED) is 0.605. The SMILES string of the molecule is C=C(c1c(C)c(C(=O)OC(C)C)cc2cc(-c3ccnn3C)cn12)N1CCOCC1. The number of ether oxygens (including phenoxy) is 2. The summed E-state index contributed by atoms with van der Waals surface area (Å²) in [5.41, 5.74) is 6.17. The van der Waals surface area contributed by atoms with Crippen LogP contribution in [0.1, 0.15) is 35.5 Å². The molecule has 4 heterocycles. The van der Waals surface area contributed by atoms with Crippen LogP contribution >= 0.6 is 0 Å². The van der Waals surface area contributed by atoms with Gasteiger partial charge in [-0.15, -0.1) is 0 Å². The van der Waals surface area contributed by atoms with Crippen LogP contribution in [0.4, 0.5) is 0 Å². The van der Waals surface area contributed by atoms with Crippen molar-refractivity contribution in [3.8, 4) is 11.3 Å². The molecule has 1 aliphatic rings. The van der Waals surface area contributed by atoms with Gasteiger partial charge in [0.05, 0.1) is 42.0 Å². The first-order chi connectivity index (χ1) is 14.4. The van der Waals surface area contributed by atoms with Gasteiger partial charge >= 0.3 is 5.97 Å². The monoisotopic (exact) mass is 408 g/mol. The van der Waals surface area contributed by atoms with Crippen molar-refractivity contribution < 1.29 is 14.3 Å². The molecule has 0 spiro atoms. The van der Waals surface area contributed by atoms with E-state index in [1.54, 1.807) is 6.20 Å². The third kappa shape index (κ3) is 3.61. The maximum absolute atomic E-state index is 12.9. The highest BCUT2D eigenvalue weighted by molar-refractivity contribution is 5.94. The molecular formula is C23H28N4O3. The van der Waals surface area contributed by atoms with E-state index >= 15 is 0 Å². The van der Waals surface area contributed by atoms with Crippen molar-refractivity contribution in [1.82, 2.24) is 19.1 Å². The van der Waals surface area contributed by atoms with Crippen molar-refractivity contribution in [3.05, 3.63) is 54.0 Å². The minimum atomic E-state index is -0.315. The number of pyridine rings is 1. The topological polar surface area (TPSA) is 61.0 Å². The first-order valence-corrected chi connectivity index (χ1v) is 10.2. The Hall–Kier alpha value is -3.06. The van der Waals surface area contributed by atoms with Crippen LogP contribution in [-0.2, 0) is 16.5 Å². The first kappa shape index (κ1) is 20.2. The summed E-state index contributed by atoms with van der Waals surface area (Å²) in [5, 5.41) is 4.28. The molecule has 0 radical (unpaired) electrons. The van der Waals surface area contributed by atoms with Crippen LogP contribution in [0.25, 0.3) is 22.5 Å². The van der Waals surface area contributed by atoms with E-state index in [1.165, 1.54) is 0 Å². The number of carbonyl (C=O) groups is 1. The Morgan fingerprint density at radius 3 is 2.63 bits per heavy atom. The van der Waals surface area contributed by atoms with E-state index in [9.17, 15) is 4.79 Å². The fourth-order valence-electron chi connectivity index (χ4n) is 3.97. The number of aromatic nitrogens is 3. The van der Waals surface area contributed by atoms with E-state index in [-0.39, 0.29) is 12.1 Å². The first-order valence-electron chi connectivity index (χ1n) is 10.2. The number of hydrogen-bond donors (Lipinski definition) is 0. The third-order valence-electron chi connectivity index (χ3n) is 5.49. The number of nitrogens with zero attached hydrogens (tertiary/aromatic N) is 4. The number of morpholine rings is 1. The van der Waals surface area contributed by atoms with Crippen LogP contribution < -0.4 is 0 Å². The summed E-state index contributed by atoms with van der Waals surface area (Å²) in [4.78, 5) is 15.1. The zero-order valence-corrected chi connectivity index (χ0v) is 18.0. The minimum absolute atomic E-state index is 0.184. The molecule has 7 nitrogen and oxygen atoms in total. The van der Waals surface area contributed by atoms with Gasteiger partial charge in [-0.2, -0.15) is 5.10 Å². The average molecular weight is 409 g/mol. The van der Waals surface area contributed by atoms with Crippen molar-refractivity contribution in [2.75, 3.05) is 26.3 Å². The molecule has 0 N–H and O–H groups in total. The van der Waals surface area contributed by atoms with Gasteiger partial charge in [-0.25, -0.2) is 4.79 Å². The molecule has 0 atom stereocenters. The Labute approximate surface area is 176 Å². The molecule has 7 heteroatoms. The molecule has 0 bridgehead atoms. The molecule has 30 heavy (non-hydrogen) atoms. The number of carbonyl (C=O) groups excluding carboxylic acids is 1.